The predicted octanol–water partition coefficient (Wildman–Crippen LogP) is 1.91. The van der Waals surface area contributed by atoms with Crippen LogP contribution in [0.2, 0.25) is 0 Å². The molecule has 0 aromatic heterocycles. The lowest BCUT2D eigenvalue weighted by molar-refractivity contribution is -0.209. The molecule has 0 radical (unpaired) electrons. The van der Waals surface area contributed by atoms with Gasteiger partial charge in [0.05, 0.1) is 5.92 Å². The van der Waals surface area contributed by atoms with E-state index in [1.807, 2.05) is 67.8 Å². The minimum atomic E-state index is -1.87. The first-order valence-electron chi connectivity index (χ1n) is 8.33. The zero-order chi connectivity index (χ0) is 20.9. The van der Waals surface area contributed by atoms with Gasteiger partial charge in [-0.05, 0) is 20.8 Å². The first-order chi connectivity index (χ1) is 12.4. The van der Waals surface area contributed by atoms with Gasteiger partial charge in [-0.2, -0.15) is 0 Å². The summed E-state index contributed by atoms with van der Waals surface area (Å²) in [6.07, 6.45) is -4.27. The Kier molecular flexibility index (Phi) is 11.0. The monoisotopic (exact) mass is 724 g/mol. The van der Waals surface area contributed by atoms with Crippen molar-refractivity contribution in [1.82, 2.24) is 0 Å². The Hall–Kier alpha value is 0.520. The van der Waals surface area contributed by atoms with E-state index in [2.05, 4.69) is 0 Å². The summed E-state index contributed by atoms with van der Waals surface area (Å²) in [6.45, 7) is 4.96. The second-order valence-electron chi connectivity index (χ2n) is 6.32. The van der Waals surface area contributed by atoms with Crippen LogP contribution < -0.4 is 0 Å². The summed E-state index contributed by atoms with van der Waals surface area (Å²) in [5.74, 6) is -2.54. The molecular weight excluding hydrogens is 701 g/mol. The number of ether oxygens (including phenoxy) is 3. The fourth-order valence-electron chi connectivity index (χ4n) is 2.65. The van der Waals surface area contributed by atoms with Crippen molar-refractivity contribution in [2.24, 2.45) is 5.92 Å². The topological polar surface area (TPSA) is 119 Å². The smallest absolute Gasteiger partial charge is 0.318 e. The van der Waals surface area contributed by atoms with E-state index < -0.39 is 56.3 Å². The van der Waals surface area contributed by atoms with Crippen molar-refractivity contribution in [2.45, 2.75) is 70.0 Å². The van der Waals surface area contributed by atoms with Gasteiger partial charge in [-0.3, -0.25) is 14.4 Å². The Morgan fingerprint density at radius 3 is 1.41 bits per heavy atom. The summed E-state index contributed by atoms with van der Waals surface area (Å²) in [4.78, 5) is 36.0. The molecule has 5 atom stereocenters. The lowest BCUT2D eigenvalue weighted by Crippen LogP contribution is -2.52. The predicted molar refractivity (Wildman–Crippen MR) is 121 cm³/mol. The Balaban J connectivity index is 3.08. The maximum atomic E-state index is 12.0. The van der Waals surface area contributed by atoms with Gasteiger partial charge in [0.25, 0.3) is 0 Å². The van der Waals surface area contributed by atoms with Gasteiger partial charge < -0.3 is 24.4 Å². The Morgan fingerprint density at radius 2 is 1.11 bits per heavy atom. The molecular formula is C16H23I3O8. The number of carbonyl (C=O) groups excluding carboxylic acids is 3. The summed E-state index contributed by atoms with van der Waals surface area (Å²) < 4.78 is 15.0. The quantitative estimate of drug-likeness (QED) is 0.135. The van der Waals surface area contributed by atoms with Crippen molar-refractivity contribution in [3.63, 3.8) is 0 Å². The van der Waals surface area contributed by atoms with Gasteiger partial charge in [0.2, 0.25) is 0 Å². The molecule has 8 nitrogen and oxygen atoms in total. The van der Waals surface area contributed by atoms with Gasteiger partial charge in [0, 0.05) is 12.8 Å². The van der Waals surface area contributed by atoms with E-state index in [0.717, 1.165) is 0 Å². The fourth-order valence-corrected chi connectivity index (χ4v) is 3.09. The van der Waals surface area contributed by atoms with Crippen molar-refractivity contribution < 1.29 is 38.8 Å². The van der Waals surface area contributed by atoms with Gasteiger partial charge in [0.15, 0.2) is 6.29 Å². The first-order valence-corrected chi connectivity index (χ1v) is 12.1. The Labute approximate surface area is 198 Å². The van der Waals surface area contributed by atoms with E-state index in [0.29, 0.717) is 0 Å². The number of carbonyl (C=O) groups is 3. The number of esters is 3. The number of halogens is 3. The lowest BCUT2D eigenvalue weighted by Gasteiger charge is -2.41. The van der Waals surface area contributed by atoms with E-state index in [1.54, 1.807) is 20.8 Å². The van der Waals surface area contributed by atoms with Crippen LogP contribution in [0.15, 0.2) is 0 Å². The van der Waals surface area contributed by atoms with Crippen LogP contribution in [0.1, 0.15) is 33.6 Å². The third-order valence-corrected chi connectivity index (χ3v) is 5.51. The average molecular weight is 724 g/mol. The van der Waals surface area contributed by atoms with Gasteiger partial charge in [0.1, 0.15) is 30.1 Å². The zero-order valence-corrected chi connectivity index (χ0v) is 21.5. The van der Waals surface area contributed by atoms with E-state index in [-0.39, 0.29) is 16.8 Å². The average Bonchev–Trinajstić information content (AvgIpc) is 2.53. The molecule has 0 amide bonds. The molecule has 27 heavy (non-hydrogen) atoms. The molecule has 1 fully saturated rings. The molecule has 0 spiro atoms. The van der Waals surface area contributed by atoms with Crippen molar-refractivity contribution in [3.05, 3.63) is 0 Å². The van der Waals surface area contributed by atoms with Crippen LogP contribution in [-0.4, -0.2) is 64.5 Å². The van der Waals surface area contributed by atoms with Crippen LogP contribution in [0.4, 0.5) is 0 Å². The highest BCUT2D eigenvalue weighted by Crippen LogP contribution is 2.34. The number of aliphatic hydroxyl groups is 2. The molecule has 1 aliphatic rings. The Morgan fingerprint density at radius 1 is 0.778 bits per heavy atom. The number of hydrogen-bond donors (Lipinski definition) is 2. The van der Waals surface area contributed by atoms with Crippen LogP contribution in [-0.2, 0) is 28.6 Å². The van der Waals surface area contributed by atoms with Crippen LogP contribution in [0.25, 0.3) is 0 Å². The number of rotatable bonds is 7. The largest absolute Gasteiger partial charge is 0.461 e. The molecule has 0 bridgehead atoms. The zero-order valence-electron chi connectivity index (χ0n) is 15.0. The molecule has 5 unspecified atom stereocenters. The maximum Gasteiger partial charge on any atom is 0.318 e. The molecule has 156 valence electrons. The van der Waals surface area contributed by atoms with Gasteiger partial charge in [-0.25, -0.2) is 0 Å². The van der Waals surface area contributed by atoms with Gasteiger partial charge >= 0.3 is 17.9 Å². The summed E-state index contributed by atoms with van der Waals surface area (Å²) in [5.41, 5.74) is 0. The highest BCUT2D eigenvalue weighted by Gasteiger charge is 2.47. The van der Waals surface area contributed by atoms with Crippen molar-refractivity contribution in [3.8, 4) is 0 Å². The minimum absolute atomic E-state index is 0.0975. The van der Waals surface area contributed by atoms with Crippen molar-refractivity contribution in [2.75, 3.05) is 0 Å². The summed E-state index contributed by atoms with van der Waals surface area (Å²) in [7, 11) is 0. The van der Waals surface area contributed by atoms with E-state index in [1.165, 1.54) is 0 Å². The standard InChI is InChI=1S/C16H23I3O8/c1-6(17)14(22)25-9-4-10(26-15(23)7(2)18)12(13(20)21)11(5-9)27-16(24)8(3)19/h6-13,20-21H,4-5H2,1-3H3. The third kappa shape index (κ3) is 8.04. The van der Waals surface area contributed by atoms with E-state index in [9.17, 15) is 24.6 Å². The van der Waals surface area contributed by atoms with Crippen LogP contribution in [0.3, 0.4) is 0 Å². The normalized spacial score (nSPS) is 28.8. The molecule has 11 heteroatoms. The molecule has 0 aliphatic heterocycles. The van der Waals surface area contributed by atoms with E-state index in [4.69, 9.17) is 14.2 Å². The number of hydrogen-bond acceptors (Lipinski definition) is 8. The van der Waals surface area contributed by atoms with Crippen LogP contribution in [0.5, 0.6) is 0 Å². The SMILES string of the molecule is CC(I)C(=O)OC1CC(OC(=O)C(C)I)C(C(O)O)C(OC(=O)C(C)I)C1. The van der Waals surface area contributed by atoms with Crippen LogP contribution in [0, 0.1) is 5.92 Å². The molecule has 0 aromatic carbocycles. The van der Waals surface area contributed by atoms with Crippen LogP contribution >= 0.6 is 67.8 Å². The summed E-state index contributed by atoms with van der Waals surface area (Å²) in [6, 6.07) is 0. The second kappa shape index (κ2) is 11.6. The summed E-state index contributed by atoms with van der Waals surface area (Å²) in [5, 5.41) is 19.7. The van der Waals surface area contributed by atoms with Gasteiger partial charge in [-0.1, -0.05) is 67.8 Å². The molecule has 1 saturated carbocycles. The third-order valence-electron chi connectivity index (χ3n) is 3.99. The number of aliphatic hydroxyl groups excluding tert-OH is 1. The fraction of sp³-hybridized carbons (Fsp3) is 0.812. The Bertz CT molecular complexity index is 506. The molecule has 0 heterocycles. The van der Waals surface area contributed by atoms with E-state index >= 15 is 0 Å². The number of alkyl halides is 3. The highest BCUT2D eigenvalue weighted by atomic mass is 127. The molecule has 0 aromatic rings. The molecule has 1 rings (SSSR count). The lowest BCUT2D eigenvalue weighted by atomic mass is 9.81. The summed E-state index contributed by atoms with van der Waals surface area (Å²) >= 11 is 5.69. The van der Waals surface area contributed by atoms with Crippen molar-refractivity contribution in [1.29, 1.82) is 0 Å². The first kappa shape index (κ1) is 25.6. The minimum Gasteiger partial charge on any atom is -0.461 e. The second-order valence-corrected chi connectivity index (χ2v) is 11.9. The highest BCUT2D eigenvalue weighted by molar-refractivity contribution is 14.1. The molecule has 0 saturated heterocycles. The van der Waals surface area contributed by atoms with Crippen molar-refractivity contribution >= 4 is 85.7 Å². The maximum absolute atomic E-state index is 12.0. The molecule has 1 aliphatic carbocycles. The van der Waals surface area contributed by atoms with Gasteiger partial charge in [-0.15, -0.1) is 0 Å². The molecule has 2 N–H and O–H groups in total.